The highest BCUT2D eigenvalue weighted by molar-refractivity contribution is 5.87. The van der Waals surface area contributed by atoms with Gasteiger partial charge in [-0.05, 0) is 85.4 Å². The van der Waals surface area contributed by atoms with Crippen molar-refractivity contribution in [3.8, 4) is 5.88 Å². The van der Waals surface area contributed by atoms with Crippen LogP contribution in [0.2, 0.25) is 0 Å². The lowest BCUT2D eigenvalue weighted by molar-refractivity contribution is 0.00520. The Kier molecular flexibility index (Phi) is 8.99. The van der Waals surface area contributed by atoms with Crippen molar-refractivity contribution in [1.82, 2.24) is 9.88 Å². The first kappa shape index (κ1) is 28.7. The summed E-state index contributed by atoms with van der Waals surface area (Å²) in [6.07, 6.45) is 3.11. The molecule has 4 aromatic carbocycles. The fourth-order valence-corrected chi connectivity index (χ4v) is 5.98. The molecule has 0 saturated carbocycles. The summed E-state index contributed by atoms with van der Waals surface area (Å²) in [5.74, 6) is 0.0715. The lowest BCUT2D eigenvalue weighted by atomic mass is 9.70. The molecule has 0 aliphatic heterocycles. The maximum atomic E-state index is 13.2. The minimum atomic E-state index is -1.27. The summed E-state index contributed by atoms with van der Waals surface area (Å²) in [6, 6.07) is 33.2. The van der Waals surface area contributed by atoms with E-state index in [4.69, 9.17) is 9.72 Å². The van der Waals surface area contributed by atoms with Crippen LogP contribution in [0.5, 0.6) is 5.88 Å². The number of hydrogen-bond acceptors (Lipinski definition) is 5. The van der Waals surface area contributed by atoms with E-state index in [-0.39, 0.29) is 6.61 Å². The lowest BCUT2D eigenvalue weighted by Crippen LogP contribution is -2.38. The summed E-state index contributed by atoms with van der Waals surface area (Å²) < 4.78 is 5.95. The Labute approximate surface area is 243 Å². The topological polar surface area (TPSA) is 65.8 Å². The van der Waals surface area contributed by atoms with E-state index in [9.17, 15) is 10.2 Å². The second kappa shape index (κ2) is 12.8. The molecule has 5 aromatic rings. The molecule has 1 heterocycles. The molecule has 2 atom stereocenters. The van der Waals surface area contributed by atoms with Gasteiger partial charge >= 0.3 is 0 Å². The molecule has 2 unspecified atom stereocenters. The molecule has 41 heavy (non-hydrogen) atoms. The molecule has 5 nitrogen and oxygen atoms in total. The van der Waals surface area contributed by atoms with Crippen LogP contribution in [0.15, 0.2) is 97.1 Å². The molecule has 0 saturated heterocycles. The first-order valence-electron chi connectivity index (χ1n) is 14.4. The molecule has 2 N–H and O–H groups in total. The average Bonchev–Trinajstić information content (AvgIpc) is 3.00. The Morgan fingerprint density at radius 1 is 0.854 bits per heavy atom. The minimum Gasteiger partial charge on any atom is -0.481 e. The monoisotopic (exact) mass is 548 g/mol. The highest BCUT2D eigenvalue weighted by Crippen LogP contribution is 2.49. The number of aliphatic hydroxyl groups is 2. The van der Waals surface area contributed by atoms with E-state index >= 15 is 0 Å². The second-order valence-electron chi connectivity index (χ2n) is 11.1. The van der Waals surface area contributed by atoms with E-state index in [1.165, 1.54) is 5.56 Å². The van der Waals surface area contributed by atoms with Crippen molar-refractivity contribution in [2.24, 2.45) is 0 Å². The van der Waals surface area contributed by atoms with Gasteiger partial charge in [-0.1, -0.05) is 78.9 Å². The molecule has 0 spiro atoms. The zero-order valence-electron chi connectivity index (χ0n) is 24.3. The van der Waals surface area contributed by atoms with Gasteiger partial charge in [-0.15, -0.1) is 0 Å². The number of nitrogens with zero attached hydrogens (tertiary/aromatic N) is 2. The number of aliphatic hydroxyl groups excluding tert-OH is 1. The summed E-state index contributed by atoms with van der Waals surface area (Å²) in [4.78, 5) is 7.08. The fourth-order valence-electron chi connectivity index (χ4n) is 5.98. The first-order valence-corrected chi connectivity index (χ1v) is 14.4. The molecule has 0 aliphatic carbocycles. The van der Waals surface area contributed by atoms with Crippen LogP contribution in [-0.2, 0) is 12.0 Å². The number of methoxy groups -OCH3 is 1. The van der Waals surface area contributed by atoms with Crippen LogP contribution in [0, 0.1) is 0 Å². The van der Waals surface area contributed by atoms with Gasteiger partial charge in [0, 0.05) is 30.0 Å². The molecule has 0 fully saturated rings. The highest BCUT2D eigenvalue weighted by Gasteiger charge is 2.43. The number of aryl methyl sites for hydroxylation is 1. The molecule has 0 radical (unpaired) electrons. The van der Waals surface area contributed by atoms with Gasteiger partial charge in [0.05, 0.1) is 12.6 Å². The largest absolute Gasteiger partial charge is 0.481 e. The van der Waals surface area contributed by atoms with Crippen LogP contribution < -0.4 is 4.74 Å². The number of rotatable bonds is 12. The van der Waals surface area contributed by atoms with Crippen LogP contribution in [0.3, 0.4) is 0 Å². The molecule has 0 bridgehead atoms. The smallest absolute Gasteiger partial charge is 0.217 e. The minimum absolute atomic E-state index is 0.203. The number of benzene rings is 4. The van der Waals surface area contributed by atoms with Gasteiger partial charge in [-0.3, -0.25) is 0 Å². The third-order valence-electron chi connectivity index (χ3n) is 8.06. The molecule has 0 amide bonds. The summed E-state index contributed by atoms with van der Waals surface area (Å²) in [7, 11) is 5.73. The Balaban J connectivity index is 1.76. The van der Waals surface area contributed by atoms with Gasteiger partial charge in [0.1, 0.15) is 5.60 Å². The second-order valence-corrected chi connectivity index (χ2v) is 11.1. The van der Waals surface area contributed by atoms with Crippen molar-refractivity contribution >= 4 is 21.7 Å². The van der Waals surface area contributed by atoms with Crippen LogP contribution in [-0.4, -0.2) is 54.5 Å². The molecule has 5 rings (SSSR count). The summed E-state index contributed by atoms with van der Waals surface area (Å²) >= 11 is 0. The third kappa shape index (κ3) is 6.13. The molecular weight excluding hydrogens is 508 g/mol. The Bertz CT molecular complexity index is 1600. The normalized spacial score (nSPS) is 13.9. The maximum Gasteiger partial charge on any atom is 0.217 e. The van der Waals surface area contributed by atoms with Crippen molar-refractivity contribution in [1.29, 1.82) is 0 Å². The van der Waals surface area contributed by atoms with Crippen LogP contribution >= 0.6 is 0 Å². The number of aromatic nitrogens is 1. The van der Waals surface area contributed by atoms with Gasteiger partial charge in [0.2, 0.25) is 5.88 Å². The number of hydrogen-bond donors (Lipinski definition) is 2. The quantitative estimate of drug-likeness (QED) is 0.170. The van der Waals surface area contributed by atoms with Crippen molar-refractivity contribution in [3.63, 3.8) is 0 Å². The van der Waals surface area contributed by atoms with E-state index in [1.54, 1.807) is 7.11 Å². The summed E-state index contributed by atoms with van der Waals surface area (Å²) in [6.45, 7) is 0.899. The van der Waals surface area contributed by atoms with Gasteiger partial charge in [-0.2, -0.15) is 0 Å². The summed E-state index contributed by atoms with van der Waals surface area (Å²) in [5.41, 5.74) is 3.54. The van der Waals surface area contributed by atoms with E-state index in [2.05, 4.69) is 59.5 Å². The third-order valence-corrected chi connectivity index (χ3v) is 8.06. The predicted molar refractivity (Wildman–Crippen MR) is 168 cm³/mol. The Morgan fingerprint density at radius 2 is 1.61 bits per heavy atom. The standard InChI is InChI=1S/C36H40N2O3/c1-38(2)22-21-36(40,32-18-11-16-27-13-7-8-17-30(27)32)34(28-14-5-4-6-15-28)31-25-29-24-26(12-9-10-23-39)19-20-33(29)37-35(31)41-3/h4-8,11,13-20,24-25,34,39-40H,9-10,12,21-23H2,1-3H3. The van der Waals surface area contributed by atoms with Gasteiger partial charge in [0.15, 0.2) is 0 Å². The Morgan fingerprint density at radius 3 is 2.37 bits per heavy atom. The van der Waals surface area contributed by atoms with Crippen molar-refractivity contribution < 1.29 is 14.9 Å². The number of ether oxygens (including phenoxy) is 1. The van der Waals surface area contributed by atoms with Gasteiger partial charge in [-0.25, -0.2) is 4.98 Å². The highest BCUT2D eigenvalue weighted by atomic mass is 16.5. The van der Waals surface area contributed by atoms with Crippen LogP contribution in [0.4, 0.5) is 0 Å². The lowest BCUT2D eigenvalue weighted by Gasteiger charge is -2.39. The van der Waals surface area contributed by atoms with E-state index < -0.39 is 11.5 Å². The number of pyridine rings is 1. The Hall–Kier alpha value is -3.77. The van der Waals surface area contributed by atoms with Crippen LogP contribution in [0.25, 0.3) is 21.7 Å². The van der Waals surface area contributed by atoms with Crippen molar-refractivity contribution in [2.75, 3.05) is 34.4 Å². The molecular formula is C36H40N2O3. The number of unbranched alkanes of at least 4 members (excludes halogenated alkanes) is 1. The van der Waals surface area contributed by atoms with E-state index in [1.807, 2.05) is 56.6 Å². The van der Waals surface area contributed by atoms with Crippen molar-refractivity contribution in [2.45, 2.75) is 37.2 Å². The molecule has 5 heteroatoms. The zero-order valence-corrected chi connectivity index (χ0v) is 24.3. The van der Waals surface area contributed by atoms with Crippen molar-refractivity contribution in [3.05, 3.63) is 119 Å². The molecule has 0 aliphatic rings. The first-order chi connectivity index (χ1) is 19.9. The zero-order chi connectivity index (χ0) is 28.8. The van der Waals surface area contributed by atoms with Gasteiger partial charge < -0.3 is 19.8 Å². The van der Waals surface area contributed by atoms with Gasteiger partial charge in [0.25, 0.3) is 0 Å². The van der Waals surface area contributed by atoms with Crippen LogP contribution in [0.1, 0.15) is 47.4 Å². The summed E-state index contributed by atoms with van der Waals surface area (Å²) in [5, 5.41) is 25.5. The predicted octanol–water partition coefficient (Wildman–Crippen LogP) is 6.68. The van der Waals surface area contributed by atoms with E-state index in [0.29, 0.717) is 18.8 Å². The average molecular weight is 549 g/mol. The number of fused-ring (bicyclic) bond motifs is 2. The SMILES string of the molecule is COc1nc2ccc(CCCCO)cc2cc1C(c1ccccc1)C(O)(CCN(C)C)c1cccc2ccccc12. The molecule has 212 valence electrons. The van der Waals surface area contributed by atoms with E-state index in [0.717, 1.165) is 57.6 Å². The fraction of sp³-hybridized carbons (Fsp3) is 0.306. The molecule has 1 aromatic heterocycles. The maximum absolute atomic E-state index is 13.2.